The monoisotopic (exact) mass is 401 g/mol. The summed E-state index contributed by atoms with van der Waals surface area (Å²) < 4.78 is 5.80. The van der Waals surface area contributed by atoms with E-state index in [1.165, 1.54) is 11.0 Å². The number of rotatable bonds is 3. The Hall–Kier alpha value is -2.64. The highest BCUT2D eigenvalue weighted by Gasteiger charge is 2.34. The molecular formula is C19H16ClN3O3S. The molecule has 4 rings (SSSR count). The molecule has 0 radical (unpaired) electrons. The van der Waals surface area contributed by atoms with E-state index in [0.717, 1.165) is 31.8 Å². The number of halogens is 1. The molecule has 1 N–H and O–H groups in total. The van der Waals surface area contributed by atoms with E-state index in [0.29, 0.717) is 16.5 Å². The molecule has 2 fully saturated rings. The minimum atomic E-state index is -0.547. The maximum absolute atomic E-state index is 12.9. The van der Waals surface area contributed by atoms with Crippen molar-refractivity contribution in [2.24, 2.45) is 0 Å². The largest absolute Gasteiger partial charge is 0.441 e. The smallest absolute Gasteiger partial charge is 0.270 e. The third-order valence-electron chi connectivity index (χ3n) is 4.50. The Kier molecular flexibility index (Phi) is 4.72. The second-order valence-corrected chi connectivity index (χ2v) is 7.13. The Morgan fingerprint density at radius 2 is 1.78 bits per heavy atom. The van der Waals surface area contributed by atoms with E-state index < -0.39 is 11.8 Å². The van der Waals surface area contributed by atoms with Crippen LogP contribution >= 0.6 is 23.8 Å². The summed E-state index contributed by atoms with van der Waals surface area (Å²) in [5, 5.41) is 3.12. The lowest BCUT2D eigenvalue weighted by Gasteiger charge is -2.28. The summed E-state index contributed by atoms with van der Waals surface area (Å²) in [5.74, 6) is 0.131. The van der Waals surface area contributed by atoms with E-state index in [1.54, 1.807) is 30.3 Å². The highest BCUT2D eigenvalue weighted by molar-refractivity contribution is 7.80. The maximum Gasteiger partial charge on any atom is 0.270 e. The van der Waals surface area contributed by atoms with Crippen molar-refractivity contribution < 1.29 is 14.0 Å². The van der Waals surface area contributed by atoms with Crippen LogP contribution in [-0.4, -0.2) is 30.0 Å². The predicted molar refractivity (Wildman–Crippen MR) is 108 cm³/mol. The summed E-state index contributed by atoms with van der Waals surface area (Å²) >= 11 is 11.1. The van der Waals surface area contributed by atoms with Gasteiger partial charge >= 0.3 is 0 Å². The number of furan rings is 1. The first-order valence-electron chi connectivity index (χ1n) is 8.55. The highest BCUT2D eigenvalue weighted by Crippen LogP contribution is 2.26. The topological polar surface area (TPSA) is 65.8 Å². The van der Waals surface area contributed by atoms with Gasteiger partial charge in [0.2, 0.25) is 0 Å². The second kappa shape index (κ2) is 7.17. The van der Waals surface area contributed by atoms with E-state index in [2.05, 4.69) is 10.2 Å². The molecule has 2 saturated heterocycles. The lowest BCUT2D eigenvalue weighted by Crippen LogP contribution is -2.54. The fourth-order valence-corrected chi connectivity index (χ4v) is 3.56. The third kappa shape index (κ3) is 3.48. The molecule has 2 aliphatic heterocycles. The number of anilines is 2. The molecule has 8 heteroatoms. The van der Waals surface area contributed by atoms with Gasteiger partial charge in [-0.1, -0.05) is 11.6 Å². The van der Waals surface area contributed by atoms with Gasteiger partial charge in [-0.05, 0) is 61.5 Å². The van der Waals surface area contributed by atoms with Gasteiger partial charge in [-0.15, -0.1) is 0 Å². The molecule has 0 bridgehead atoms. The zero-order valence-corrected chi connectivity index (χ0v) is 15.8. The van der Waals surface area contributed by atoms with Crippen molar-refractivity contribution in [1.82, 2.24) is 5.32 Å². The average molecular weight is 402 g/mol. The first-order chi connectivity index (χ1) is 13.0. The molecule has 2 amide bonds. The van der Waals surface area contributed by atoms with Gasteiger partial charge in [0.1, 0.15) is 11.3 Å². The zero-order valence-electron chi connectivity index (χ0n) is 14.3. The number of nitrogens with one attached hydrogen (secondary N) is 1. The first kappa shape index (κ1) is 17.8. The molecule has 0 atom stereocenters. The van der Waals surface area contributed by atoms with Gasteiger partial charge in [0.05, 0.1) is 5.69 Å². The average Bonchev–Trinajstić information content (AvgIpc) is 3.31. The molecule has 0 saturated carbocycles. The van der Waals surface area contributed by atoms with Gasteiger partial charge in [0.25, 0.3) is 11.8 Å². The molecule has 138 valence electrons. The fourth-order valence-electron chi connectivity index (χ4n) is 3.15. The predicted octanol–water partition coefficient (Wildman–Crippen LogP) is 3.36. The van der Waals surface area contributed by atoms with Crippen molar-refractivity contribution >= 4 is 58.4 Å². The fraction of sp³-hybridized carbons (Fsp3) is 0.211. The SMILES string of the molecule is O=C1NC(=S)N(c2ccc(Cl)cc2)C(=O)/C1=C/c1ccc(N2CCCC2)o1. The van der Waals surface area contributed by atoms with Crippen molar-refractivity contribution in [1.29, 1.82) is 0 Å². The molecule has 2 aromatic rings. The quantitative estimate of drug-likeness (QED) is 0.485. The van der Waals surface area contributed by atoms with Gasteiger partial charge < -0.3 is 9.32 Å². The number of amides is 2. The van der Waals surface area contributed by atoms with E-state index in [9.17, 15) is 9.59 Å². The van der Waals surface area contributed by atoms with E-state index in [1.807, 2.05) is 6.07 Å². The molecule has 1 aromatic heterocycles. The summed E-state index contributed by atoms with van der Waals surface area (Å²) in [5.41, 5.74) is 0.485. The van der Waals surface area contributed by atoms with Crippen LogP contribution in [0.4, 0.5) is 11.6 Å². The minimum absolute atomic E-state index is 0.0293. The van der Waals surface area contributed by atoms with E-state index in [4.69, 9.17) is 28.2 Å². The van der Waals surface area contributed by atoms with Crippen LogP contribution in [0.15, 0.2) is 46.4 Å². The van der Waals surface area contributed by atoms with E-state index >= 15 is 0 Å². The summed E-state index contributed by atoms with van der Waals surface area (Å²) in [6, 6.07) is 10.2. The third-order valence-corrected chi connectivity index (χ3v) is 5.04. The zero-order chi connectivity index (χ0) is 19.0. The number of hydrogen-bond donors (Lipinski definition) is 1. The standard InChI is InChI=1S/C19H16ClN3O3S/c20-12-3-5-13(6-4-12)23-18(25)15(17(24)21-19(23)27)11-14-7-8-16(26-14)22-9-1-2-10-22/h3-8,11H,1-2,9-10H2,(H,21,24,27)/b15-11+. The van der Waals surface area contributed by atoms with Crippen LogP contribution < -0.4 is 15.1 Å². The summed E-state index contributed by atoms with van der Waals surface area (Å²) in [7, 11) is 0. The maximum atomic E-state index is 12.9. The number of carbonyl (C=O) groups excluding carboxylic acids is 2. The molecule has 2 aliphatic rings. The lowest BCUT2D eigenvalue weighted by atomic mass is 10.1. The number of nitrogens with zero attached hydrogens (tertiary/aromatic N) is 2. The lowest BCUT2D eigenvalue weighted by molar-refractivity contribution is -0.122. The van der Waals surface area contributed by atoms with Crippen LogP contribution in [0.1, 0.15) is 18.6 Å². The number of hydrogen-bond acceptors (Lipinski definition) is 5. The number of thiocarbonyl (C=S) groups is 1. The Labute approximate surface area is 166 Å². The van der Waals surface area contributed by atoms with Gasteiger partial charge in [-0.25, -0.2) is 0 Å². The van der Waals surface area contributed by atoms with Crippen LogP contribution in [-0.2, 0) is 9.59 Å². The van der Waals surface area contributed by atoms with Crippen LogP contribution in [0.2, 0.25) is 5.02 Å². The normalized spacial score (nSPS) is 19.1. The summed E-state index contributed by atoms with van der Waals surface area (Å²) in [6.07, 6.45) is 3.71. The Bertz CT molecular complexity index is 945. The van der Waals surface area contributed by atoms with Gasteiger partial charge in [0.15, 0.2) is 11.0 Å². The van der Waals surface area contributed by atoms with Crippen LogP contribution in [0.5, 0.6) is 0 Å². The molecule has 0 aliphatic carbocycles. The van der Waals surface area contributed by atoms with Gasteiger partial charge in [-0.2, -0.15) is 0 Å². The Morgan fingerprint density at radius 1 is 1.07 bits per heavy atom. The van der Waals surface area contributed by atoms with Gasteiger partial charge in [-0.3, -0.25) is 19.8 Å². The minimum Gasteiger partial charge on any atom is -0.441 e. The molecule has 27 heavy (non-hydrogen) atoms. The van der Waals surface area contributed by atoms with E-state index in [-0.39, 0.29) is 10.7 Å². The van der Waals surface area contributed by atoms with Crippen LogP contribution in [0, 0.1) is 0 Å². The van der Waals surface area contributed by atoms with Crippen molar-refractivity contribution in [3.63, 3.8) is 0 Å². The van der Waals surface area contributed by atoms with Crippen LogP contribution in [0.25, 0.3) is 6.08 Å². The van der Waals surface area contributed by atoms with Crippen molar-refractivity contribution in [2.75, 3.05) is 22.9 Å². The molecule has 6 nitrogen and oxygen atoms in total. The Morgan fingerprint density at radius 3 is 2.48 bits per heavy atom. The number of carbonyl (C=O) groups is 2. The first-order valence-corrected chi connectivity index (χ1v) is 9.33. The van der Waals surface area contributed by atoms with Crippen LogP contribution in [0.3, 0.4) is 0 Å². The van der Waals surface area contributed by atoms with Crippen molar-refractivity contribution in [3.8, 4) is 0 Å². The molecule has 0 unspecified atom stereocenters. The van der Waals surface area contributed by atoms with Crippen molar-refractivity contribution in [2.45, 2.75) is 12.8 Å². The molecular weight excluding hydrogens is 386 g/mol. The second-order valence-electron chi connectivity index (χ2n) is 6.30. The summed E-state index contributed by atoms with van der Waals surface area (Å²) in [4.78, 5) is 28.7. The molecule has 3 heterocycles. The highest BCUT2D eigenvalue weighted by atomic mass is 35.5. The Balaban J connectivity index is 1.64. The molecule has 0 spiro atoms. The van der Waals surface area contributed by atoms with Crippen molar-refractivity contribution in [3.05, 3.63) is 52.8 Å². The summed E-state index contributed by atoms with van der Waals surface area (Å²) in [6.45, 7) is 1.89. The number of benzene rings is 1. The van der Waals surface area contributed by atoms with Gasteiger partial charge in [0, 0.05) is 24.2 Å². The molecule has 1 aromatic carbocycles.